The number of aryl methyl sites for hydroxylation is 1. The summed E-state index contributed by atoms with van der Waals surface area (Å²) in [5.41, 5.74) is 0. The first-order valence-electron chi connectivity index (χ1n) is 8.14. The largest absolute Gasteiger partial charge is 0.324 e. The number of nitriles is 1. The Morgan fingerprint density at radius 3 is 3.09 bits per heavy atom. The van der Waals surface area contributed by atoms with Gasteiger partial charge in [-0.2, -0.15) is 10.4 Å². The number of carbonyl (C=O) groups is 1. The summed E-state index contributed by atoms with van der Waals surface area (Å²) in [4.78, 5) is 16.5. The summed E-state index contributed by atoms with van der Waals surface area (Å²) in [5.74, 6) is 1.01. The highest BCUT2D eigenvalue weighted by Crippen LogP contribution is 2.21. The van der Waals surface area contributed by atoms with Crippen LogP contribution in [-0.2, 0) is 6.54 Å². The van der Waals surface area contributed by atoms with E-state index in [-0.39, 0.29) is 12.1 Å². The predicted octanol–water partition coefficient (Wildman–Crippen LogP) is 1.99. The molecule has 0 radical (unpaired) electrons. The molecule has 7 nitrogen and oxygen atoms in total. The molecule has 2 heterocycles. The molecule has 0 unspecified atom stereocenters. The van der Waals surface area contributed by atoms with Crippen LogP contribution >= 0.6 is 0 Å². The van der Waals surface area contributed by atoms with Crippen LogP contribution < -0.4 is 5.32 Å². The van der Waals surface area contributed by atoms with Crippen molar-refractivity contribution in [3.63, 3.8) is 0 Å². The summed E-state index contributed by atoms with van der Waals surface area (Å²) in [6.45, 7) is 4.90. The molecule has 1 aromatic rings. The fourth-order valence-corrected chi connectivity index (χ4v) is 3.14. The van der Waals surface area contributed by atoms with Gasteiger partial charge in [-0.15, -0.1) is 0 Å². The van der Waals surface area contributed by atoms with Crippen molar-refractivity contribution in [2.24, 2.45) is 5.92 Å². The second kappa shape index (κ2) is 7.97. The van der Waals surface area contributed by atoms with Gasteiger partial charge in [0.15, 0.2) is 5.82 Å². The number of amides is 2. The minimum atomic E-state index is -0.117. The third-order valence-corrected chi connectivity index (χ3v) is 4.43. The average molecular weight is 318 g/mol. The second-order valence-corrected chi connectivity index (χ2v) is 6.36. The van der Waals surface area contributed by atoms with Crippen LogP contribution in [0.25, 0.3) is 0 Å². The molecule has 1 aliphatic rings. The zero-order valence-electron chi connectivity index (χ0n) is 14.2. The van der Waals surface area contributed by atoms with Crippen molar-refractivity contribution in [2.45, 2.75) is 38.8 Å². The summed E-state index contributed by atoms with van der Waals surface area (Å²) < 4.78 is 1.76. The molecule has 0 aliphatic carbocycles. The zero-order chi connectivity index (χ0) is 16.8. The van der Waals surface area contributed by atoms with Crippen LogP contribution in [0.5, 0.6) is 0 Å². The van der Waals surface area contributed by atoms with E-state index in [4.69, 9.17) is 5.26 Å². The Kier molecular flexibility index (Phi) is 5.99. The molecule has 1 N–H and O–H groups in total. The maximum atomic E-state index is 12.4. The van der Waals surface area contributed by atoms with Gasteiger partial charge in [-0.05, 0) is 32.4 Å². The lowest BCUT2D eigenvalue weighted by Crippen LogP contribution is -2.50. The predicted molar refractivity (Wildman–Crippen MR) is 88.9 cm³/mol. The Hall–Kier alpha value is -2.07. The van der Waals surface area contributed by atoms with Crippen molar-refractivity contribution in [2.75, 3.05) is 32.5 Å². The van der Waals surface area contributed by atoms with E-state index < -0.39 is 0 Å². The monoisotopic (exact) mass is 318 g/mol. The van der Waals surface area contributed by atoms with Crippen LogP contribution in [0.1, 0.15) is 26.2 Å². The molecule has 2 atom stereocenters. The minimum absolute atomic E-state index is 0.117. The number of nitrogens with zero attached hydrogens (tertiary/aromatic N) is 5. The van der Waals surface area contributed by atoms with Crippen molar-refractivity contribution in [1.82, 2.24) is 19.6 Å². The molecular weight excluding hydrogens is 292 g/mol. The van der Waals surface area contributed by atoms with Crippen molar-refractivity contribution < 1.29 is 4.79 Å². The normalized spacial score (nSPS) is 21.7. The quantitative estimate of drug-likeness (QED) is 0.842. The number of aromatic nitrogens is 2. The molecule has 2 amide bonds. The van der Waals surface area contributed by atoms with E-state index in [1.54, 1.807) is 15.6 Å². The van der Waals surface area contributed by atoms with Gasteiger partial charge >= 0.3 is 6.03 Å². The molecule has 0 spiro atoms. The van der Waals surface area contributed by atoms with Crippen molar-refractivity contribution in [1.29, 1.82) is 5.26 Å². The van der Waals surface area contributed by atoms with Crippen molar-refractivity contribution >= 4 is 11.8 Å². The first-order chi connectivity index (χ1) is 11.0. The van der Waals surface area contributed by atoms with Crippen molar-refractivity contribution in [3.8, 4) is 6.07 Å². The molecule has 7 heteroatoms. The van der Waals surface area contributed by atoms with Gasteiger partial charge in [0.2, 0.25) is 0 Å². The average Bonchev–Trinajstić information content (AvgIpc) is 2.94. The van der Waals surface area contributed by atoms with E-state index >= 15 is 0 Å². The molecule has 1 saturated heterocycles. The summed E-state index contributed by atoms with van der Waals surface area (Å²) in [5, 5.41) is 15.7. The topological polar surface area (TPSA) is 77.2 Å². The summed E-state index contributed by atoms with van der Waals surface area (Å²) >= 11 is 0. The Balaban J connectivity index is 1.87. The van der Waals surface area contributed by atoms with E-state index in [9.17, 15) is 4.79 Å². The number of unbranched alkanes of at least 4 members (excludes halogenated alkanes) is 1. The molecule has 0 aromatic carbocycles. The molecular formula is C16H26N6O. The van der Waals surface area contributed by atoms with Crippen LogP contribution in [0.4, 0.5) is 10.6 Å². The fraction of sp³-hybridized carbons (Fsp3) is 0.688. The third-order valence-electron chi connectivity index (χ3n) is 4.43. The van der Waals surface area contributed by atoms with Crippen LogP contribution in [0.2, 0.25) is 0 Å². The Morgan fingerprint density at radius 2 is 2.39 bits per heavy atom. The van der Waals surface area contributed by atoms with Crippen LogP contribution in [-0.4, -0.2) is 58.8 Å². The number of hydrogen-bond donors (Lipinski definition) is 1. The lowest BCUT2D eigenvalue weighted by Gasteiger charge is -2.39. The minimum Gasteiger partial charge on any atom is -0.324 e. The highest BCUT2D eigenvalue weighted by atomic mass is 16.2. The van der Waals surface area contributed by atoms with E-state index in [2.05, 4.69) is 35.4 Å². The molecule has 2 rings (SSSR count). The fourth-order valence-electron chi connectivity index (χ4n) is 3.14. The molecule has 1 fully saturated rings. The van der Waals surface area contributed by atoms with Crippen LogP contribution in [0.15, 0.2) is 12.3 Å². The smallest absolute Gasteiger partial charge is 0.323 e. The van der Waals surface area contributed by atoms with Crippen LogP contribution in [0.3, 0.4) is 0 Å². The van der Waals surface area contributed by atoms with E-state index in [0.29, 0.717) is 24.7 Å². The number of hydrogen-bond acceptors (Lipinski definition) is 4. The first-order valence-corrected chi connectivity index (χ1v) is 8.14. The highest BCUT2D eigenvalue weighted by Gasteiger charge is 2.30. The van der Waals surface area contributed by atoms with Gasteiger partial charge in [-0.25, -0.2) is 4.79 Å². The number of anilines is 1. The lowest BCUT2D eigenvalue weighted by atomic mass is 9.93. The van der Waals surface area contributed by atoms with E-state index in [1.165, 1.54) is 0 Å². The molecule has 1 aliphatic heterocycles. The van der Waals surface area contributed by atoms with E-state index in [1.807, 2.05) is 13.2 Å². The van der Waals surface area contributed by atoms with Crippen molar-refractivity contribution in [3.05, 3.63) is 12.3 Å². The number of urea groups is 1. The number of rotatable bonds is 5. The third kappa shape index (κ3) is 4.70. The Labute approximate surface area is 137 Å². The SMILES string of the molecule is C[C@H]1CN(C)CC[C@@H]1N(C)C(=O)Nc1ccn(CCCC#N)n1. The number of likely N-dealkylation sites (tertiary alicyclic amines) is 1. The van der Waals surface area contributed by atoms with Gasteiger partial charge < -0.3 is 9.80 Å². The molecule has 0 saturated carbocycles. The summed E-state index contributed by atoms with van der Waals surface area (Å²) in [6.07, 6.45) is 4.09. The maximum Gasteiger partial charge on any atom is 0.323 e. The molecule has 23 heavy (non-hydrogen) atoms. The molecule has 0 bridgehead atoms. The maximum absolute atomic E-state index is 12.4. The molecule has 126 valence electrons. The summed E-state index contributed by atoms with van der Waals surface area (Å²) in [7, 11) is 3.97. The van der Waals surface area contributed by atoms with Gasteiger partial charge in [0.1, 0.15) is 0 Å². The van der Waals surface area contributed by atoms with Gasteiger partial charge in [-0.3, -0.25) is 10.00 Å². The van der Waals surface area contributed by atoms with Gasteiger partial charge in [-0.1, -0.05) is 6.92 Å². The van der Waals surface area contributed by atoms with Gasteiger partial charge in [0, 0.05) is 44.9 Å². The Morgan fingerprint density at radius 1 is 1.61 bits per heavy atom. The second-order valence-electron chi connectivity index (χ2n) is 6.36. The molecule has 1 aromatic heterocycles. The van der Waals surface area contributed by atoms with Crippen LogP contribution in [0, 0.1) is 17.2 Å². The lowest BCUT2D eigenvalue weighted by molar-refractivity contribution is 0.113. The Bertz CT molecular complexity index is 563. The van der Waals surface area contributed by atoms with Gasteiger partial charge in [0.25, 0.3) is 0 Å². The zero-order valence-corrected chi connectivity index (χ0v) is 14.2. The standard InChI is InChI=1S/C16H26N6O/c1-13-12-20(2)10-6-14(13)21(3)16(23)18-15-7-11-22(19-15)9-5-4-8-17/h7,11,13-14H,4-6,9-10,12H2,1-3H3,(H,18,19,23)/t13-,14-/m0/s1. The number of nitrogens with one attached hydrogen (secondary N) is 1. The number of carbonyl (C=O) groups excluding carboxylic acids is 1. The highest BCUT2D eigenvalue weighted by molar-refractivity contribution is 5.88. The van der Waals surface area contributed by atoms with E-state index in [0.717, 1.165) is 25.9 Å². The number of piperidine rings is 1. The summed E-state index contributed by atoms with van der Waals surface area (Å²) in [6, 6.07) is 4.04. The first kappa shape index (κ1) is 17.3. The van der Waals surface area contributed by atoms with Gasteiger partial charge in [0.05, 0.1) is 6.07 Å².